The number of benzene rings is 1. The second-order valence-corrected chi connectivity index (χ2v) is 6.74. The zero-order valence-electron chi connectivity index (χ0n) is 15.2. The van der Waals surface area contributed by atoms with E-state index in [-0.39, 0.29) is 17.6 Å². The van der Waals surface area contributed by atoms with Gasteiger partial charge in [0.1, 0.15) is 30.1 Å². The van der Waals surface area contributed by atoms with E-state index in [1.54, 1.807) is 17.1 Å². The first-order valence-electron chi connectivity index (χ1n) is 9.17. The highest BCUT2D eigenvalue weighted by molar-refractivity contribution is 5.94. The van der Waals surface area contributed by atoms with Crippen molar-refractivity contribution >= 4 is 28.9 Å². The number of imidazole rings is 1. The molecule has 1 aliphatic rings. The van der Waals surface area contributed by atoms with Gasteiger partial charge in [-0.2, -0.15) is 0 Å². The minimum atomic E-state index is -0.0851. The van der Waals surface area contributed by atoms with E-state index in [0.29, 0.717) is 37.3 Å². The first kappa shape index (κ1) is 17.8. The molecule has 8 heteroatoms. The number of ketones is 1. The van der Waals surface area contributed by atoms with Gasteiger partial charge in [-0.15, -0.1) is 0 Å². The van der Waals surface area contributed by atoms with Gasteiger partial charge in [0, 0.05) is 48.6 Å². The number of carbonyl (C=O) groups excluding carboxylic acids is 2. The van der Waals surface area contributed by atoms with Gasteiger partial charge in [0.05, 0.1) is 0 Å². The molecular weight excluding hydrogens is 356 g/mol. The molecule has 3 aromatic rings. The molecule has 28 heavy (non-hydrogen) atoms. The van der Waals surface area contributed by atoms with Crippen LogP contribution in [0.1, 0.15) is 25.7 Å². The first-order valence-corrected chi connectivity index (χ1v) is 9.17. The molecule has 0 atom stereocenters. The summed E-state index contributed by atoms with van der Waals surface area (Å²) in [5, 5.41) is 6.15. The number of rotatable bonds is 5. The Kier molecular flexibility index (Phi) is 5.09. The second kappa shape index (κ2) is 7.99. The van der Waals surface area contributed by atoms with Crippen molar-refractivity contribution in [2.75, 3.05) is 10.6 Å². The first-order chi connectivity index (χ1) is 13.7. The lowest BCUT2D eigenvalue weighted by Gasteiger charge is -2.20. The standard InChI is InChI=1S/C20H20N6O2/c27-17-7-1-14(2-8-17)20(28)25-16-5-3-15(4-6-16)24-18-11-19(23-12-22-18)26-10-9-21-13-26/h3-6,9-14H,1-2,7-8H2,(H,25,28)(H,22,23,24). The van der Waals surface area contributed by atoms with Crippen molar-refractivity contribution in [3.05, 3.63) is 55.4 Å². The lowest BCUT2D eigenvalue weighted by atomic mass is 9.88. The Morgan fingerprint density at radius 2 is 1.82 bits per heavy atom. The largest absolute Gasteiger partial charge is 0.340 e. The summed E-state index contributed by atoms with van der Waals surface area (Å²) in [7, 11) is 0. The third-order valence-electron chi connectivity index (χ3n) is 4.76. The molecule has 2 aromatic heterocycles. The molecule has 1 amide bonds. The smallest absolute Gasteiger partial charge is 0.227 e. The Bertz CT molecular complexity index is 959. The molecule has 0 unspecified atom stereocenters. The fourth-order valence-electron chi connectivity index (χ4n) is 3.18. The maximum absolute atomic E-state index is 12.3. The zero-order valence-corrected chi connectivity index (χ0v) is 15.2. The number of anilines is 3. The van der Waals surface area contributed by atoms with Crippen LogP contribution in [-0.2, 0) is 9.59 Å². The van der Waals surface area contributed by atoms with Gasteiger partial charge in [0.2, 0.25) is 5.91 Å². The quantitative estimate of drug-likeness (QED) is 0.709. The maximum Gasteiger partial charge on any atom is 0.227 e. The molecule has 0 bridgehead atoms. The summed E-state index contributed by atoms with van der Waals surface area (Å²) in [6.07, 6.45) is 8.93. The summed E-state index contributed by atoms with van der Waals surface area (Å²) in [6, 6.07) is 9.25. The van der Waals surface area contributed by atoms with Crippen molar-refractivity contribution in [3.63, 3.8) is 0 Å². The van der Waals surface area contributed by atoms with E-state index in [2.05, 4.69) is 25.6 Å². The average molecular weight is 376 g/mol. The normalized spacial score (nSPS) is 14.6. The molecule has 142 valence electrons. The monoisotopic (exact) mass is 376 g/mol. The van der Waals surface area contributed by atoms with Gasteiger partial charge in [-0.05, 0) is 37.1 Å². The van der Waals surface area contributed by atoms with E-state index in [1.165, 1.54) is 6.33 Å². The number of hydrogen-bond acceptors (Lipinski definition) is 6. The van der Waals surface area contributed by atoms with Gasteiger partial charge >= 0.3 is 0 Å². The number of amides is 1. The van der Waals surface area contributed by atoms with Gasteiger partial charge < -0.3 is 10.6 Å². The maximum atomic E-state index is 12.3. The Hall–Kier alpha value is -3.55. The average Bonchev–Trinajstić information content (AvgIpc) is 3.25. The van der Waals surface area contributed by atoms with E-state index < -0.39 is 0 Å². The number of nitrogens with zero attached hydrogens (tertiary/aromatic N) is 4. The molecule has 4 rings (SSSR count). The molecule has 8 nitrogen and oxygen atoms in total. The van der Waals surface area contributed by atoms with Crippen molar-refractivity contribution in [2.45, 2.75) is 25.7 Å². The van der Waals surface area contributed by atoms with Crippen molar-refractivity contribution in [1.82, 2.24) is 19.5 Å². The molecule has 0 spiro atoms. The minimum Gasteiger partial charge on any atom is -0.340 e. The number of Topliss-reactive ketones (excluding diaryl/α,β-unsaturated/α-hetero) is 1. The second-order valence-electron chi connectivity index (χ2n) is 6.74. The molecular formula is C20H20N6O2. The molecule has 2 N–H and O–H groups in total. The molecule has 1 aromatic carbocycles. The highest BCUT2D eigenvalue weighted by atomic mass is 16.2. The van der Waals surface area contributed by atoms with Crippen LogP contribution in [0.15, 0.2) is 55.4 Å². The fraction of sp³-hybridized carbons (Fsp3) is 0.250. The summed E-state index contributed by atoms with van der Waals surface area (Å²) in [5.74, 6) is 1.51. The minimum absolute atomic E-state index is 0.0195. The molecule has 2 heterocycles. The molecule has 0 radical (unpaired) electrons. The predicted octanol–water partition coefficient (Wildman–Crippen LogP) is 3.10. The van der Waals surface area contributed by atoms with E-state index in [1.807, 2.05) is 36.5 Å². The van der Waals surface area contributed by atoms with Crippen LogP contribution in [0.4, 0.5) is 17.2 Å². The van der Waals surface area contributed by atoms with Crippen molar-refractivity contribution in [3.8, 4) is 5.82 Å². The van der Waals surface area contributed by atoms with Gasteiger partial charge in [0.15, 0.2) is 0 Å². The van der Waals surface area contributed by atoms with Crippen LogP contribution in [-0.4, -0.2) is 31.2 Å². The highest BCUT2D eigenvalue weighted by Gasteiger charge is 2.24. The topological polar surface area (TPSA) is 102 Å². The number of carbonyl (C=O) groups is 2. The Morgan fingerprint density at radius 3 is 2.54 bits per heavy atom. The van der Waals surface area contributed by atoms with Crippen LogP contribution in [0.2, 0.25) is 0 Å². The van der Waals surface area contributed by atoms with Crippen LogP contribution in [0.5, 0.6) is 0 Å². The van der Waals surface area contributed by atoms with Gasteiger partial charge in [-0.3, -0.25) is 14.2 Å². The summed E-state index contributed by atoms with van der Waals surface area (Å²) >= 11 is 0. The lowest BCUT2D eigenvalue weighted by Crippen LogP contribution is -2.27. The number of aromatic nitrogens is 4. The molecule has 0 aliphatic heterocycles. The van der Waals surface area contributed by atoms with E-state index in [4.69, 9.17) is 0 Å². The summed E-state index contributed by atoms with van der Waals surface area (Å²) in [4.78, 5) is 36.1. The zero-order chi connectivity index (χ0) is 19.3. The van der Waals surface area contributed by atoms with Gasteiger partial charge in [0.25, 0.3) is 0 Å². The van der Waals surface area contributed by atoms with E-state index in [0.717, 1.165) is 11.4 Å². The highest BCUT2D eigenvalue weighted by Crippen LogP contribution is 2.24. The van der Waals surface area contributed by atoms with E-state index >= 15 is 0 Å². The Morgan fingerprint density at radius 1 is 1.07 bits per heavy atom. The summed E-state index contributed by atoms with van der Waals surface area (Å²) < 4.78 is 1.80. The van der Waals surface area contributed by atoms with E-state index in [9.17, 15) is 9.59 Å². The molecule has 0 saturated heterocycles. The summed E-state index contributed by atoms with van der Waals surface area (Å²) in [6.45, 7) is 0. The SMILES string of the molecule is O=C1CCC(C(=O)Nc2ccc(Nc3cc(-n4ccnc4)ncn3)cc2)CC1. The van der Waals surface area contributed by atoms with Crippen molar-refractivity contribution in [2.24, 2.45) is 5.92 Å². The van der Waals surface area contributed by atoms with Gasteiger partial charge in [-0.25, -0.2) is 15.0 Å². The van der Waals surface area contributed by atoms with Crippen LogP contribution < -0.4 is 10.6 Å². The van der Waals surface area contributed by atoms with Crippen molar-refractivity contribution < 1.29 is 9.59 Å². The number of hydrogen-bond donors (Lipinski definition) is 2. The van der Waals surface area contributed by atoms with Crippen LogP contribution in [0.3, 0.4) is 0 Å². The fourth-order valence-corrected chi connectivity index (χ4v) is 3.18. The predicted molar refractivity (Wildman–Crippen MR) is 104 cm³/mol. The number of nitrogens with one attached hydrogen (secondary N) is 2. The molecule has 1 aliphatic carbocycles. The lowest BCUT2D eigenvalue weighted by molar-refractivity contribution is -0.125. The Balaban J connectivity index is 1.38. The van der Waals surface area contributed by atoms with Crippen molar-refractivity contribution in [1.29, 1.82) is 0 Å². The molecule has 1 fully saturated rings. The van der Waals surface area contributed by atoms with Crippen LogP contribution in [0.25, 0.3) is 5.82 Å². The van der Waals surface area contributed by atoms with Crippen LogP contribution >= 0.6 is 0 Å². The third-order valence-corrected chi connectivity index (χ3v) is 4.76. The third kappa shape index (κ3) is 4.22. The van der Waals surface area contributed by atoms with Crippen LogP contribution in [0, 0.1) is 5.92 Å². The molecule has 1 saturated carbocycles. The van der Waals surface area contributed by atoms with Gasteiger partial charge in [-0.1, -0.05) is 0 Å². The Labute approximate surface area is 162 Å². The summed E-state index contributed by atoms with van der Waals surface area (Å²) in [5.41, 5.74) is 1.57.